The Morgan fingerprint density at radius 1 is 1.03 bits per heavy atom. The number of rotatable bonds is 6. The second-order valence-corrected chi connectivity index (χ2v) is 6.87. The molecule has 0 amide bonds. The summed E-state index contributed by atoms with van der Waals surface area (Å²) in [5, 5.41) is 0.642. The lowest BCUT2D eigenvalue weighted by Gasteiger charge is -2.08. The van der Waals surface area contributed by atoms with Crippen molar-refractivity contribution >= 4 is 23.5 Å². The van der Waals surface area contributed by atoms with Gasteiger partial charge >= 0.3 is 6.61 Å². The van der Waals surface area contributed by atoms with Gasteiger partial charge in [0.25, 0.3) is 0 Å². The fourth-order valence-electron chi connectivity index (χ4n) is 2.95. The number of para-hydroxylation sites is 1. The molecule has 0 saturated heterocycles. The number of hydrogen-bond donors (Lipinski definition) is 0. The maximum absolute atomic E-state index is 12.6. The van der Waals surface area contributed by atoms with E-state index in [-0.39, 0.29) is 17.3 Å². The molecular formula is C23H15ClF2O4. The molecule has 1 aliphatic heterocycles. The van der Waals surface area contributed by atoms with Crippen molar-refractivity contribution in [1.82, 2.24) is 0 Å². The van der Waals surface area contributed by atoms with E-state index in [0.29, 0.717) is 34.3 Å². The summed E-state index contributed by atoms with van der Waals surface area (Å²) in [5.41, 5.74) is 1.62. The Kier molecular flexibility index (Phi) is 5.68. The summed E-state index contributed by atoms with van der Waals surface area (Å²) in [4.78, 5) is 12.6. The third kappa shape index (κ3) is 4.44. The molecule has 0 aliphatic carbocycles. The Morgan fingerprint density at radius 3 is 2.57 bits per heavy atom. The molecule has 1 aliphatic rings. The van der Waals surface area contributed by atoms with Crippen LogP contribution < -0.4 is 14.2 Å². The van der Waals surface area contributed by atoms with Crippen LogP contribution in [0.5, 0.6) is 17.2 Å². The summed E-state index contributed by atoms with van der Waals surface area (Å²) < 4.78 is 41.1. The molecule has 0 N–H and O–H groups in total. The van der Waals surface area contributed by atoms with Crippen LogP contribution in [0, 0.1) is 0 Å². The van der Waals surface area contributed by atoms with E-state index in [9.17, 15) is 13.6 Å². The minimum absolute atomic E-state index is 0.0187. The molecule has 0 spiro atoms. The highest BCUT2D eigenvalue weighted by Gasteiger charge is 2.28. The van der Waals surface area contributed by atoms with Gasteiger partial charge in [-0.25, -0.2) is 0 Å². The zero-order valence-corrected chi connectivity index (χ0v) is 16.2. The van der Waals surface area contributed by atoms with Gasteiger partial charge in [-0.3, -0.25) is 4.79 Å². The number of halogens is 3. The number of alkyl halides is 2. The Labute approximate surface area is 176 Å². The first-order valence-electron chi connectivity index (χ1n) is 8.99. The van der Waals surface area contributed by atoms with Crippen LogP contribution in [0.4, 0.5) is 8.78 Å². The summed E-state index contributed by atoms with van der Waals surface area (Å²) in [5.74, 6) is 0.497. The van der Waals surface area contributed by atoms with Crippen LogP contribution in [0.1, 0.15) is 21.5 Å². The number of hydrogen-bond acceptors (Lipinski definition) is 4. The van der Waals surface area contributed by atoms with Gasteiger partial charge in [-0.15, -0.1) is 0 Å². The number of benzene rings is 3. The zero-order valence-electron chi connectivity index (χ0n) is 15.5. The third-order valence-corrected chi connectivity index (χ3v) is 4.63. The van der Waals surface area contributed by atoms with Crippen LogP contribution in [0.3, 0.4) is 0 Å². The molecule has 152 valence electrons. The van der Waals surface area contributed by atoms with Gasteiger partial charge in [0.15, 0.2) is 5.76 Å². The van der Waals surface area contributed by atoms with Crippen molar-refractivity contribution in [3.05, 3.63) is 94.2 Å². The maximum atomic E-state index is 12.6. The van der Waals surface area contributed by atoms with Crippen molar-refractivity contribution < 1.29 is 27.8 Å². The summed E-state index contributed by atoms with van der Waals surface area (Å²) in [7, 11) is 0. The smallest absolute Gasteiger partial charge is 0.387 e. The first-order valence-corrected chi connectivity index (χ1v) is 9.37. The standard InChI is InChI=1S/C23H15ClF2O4/c24-16-7-5-14(6-8-16)13-28-17-9-10-18-20(12-17)29-21(22(18)27)11-15-3-1-2-4-19(15)30-23(25)26/h1-12,23H,13H2/b21-11-. The molecule has 3 aromatic carbocycles. The minimum atomic E-state index is -2.97. The van der Waals surface area contributed by atoms with E-state index < -0.39 is 6.61 Å². The number of allylic oxidation sites excluding steroid dienone is 1. The molecule has 0 atom stereocenters. The number of carbonyl (C=O) groups is 1. The molecule has 4 nitrogen and oxygen atoms in total. The zero-order chi connectivity index (χ0) is 21.1. The first-order chi connectivity index (χ1) is 14.5. The number of ether oxygens (including phenoxy) is 3. The largest absolute Gasteiger partial charge is 0.489 e. The molecule has 30 heavy (non-hydrogen) atoms. The Bertz CT molecular complexity index is 1110. The minimum Gasteiger partial charge on any atom is -0.489 e. The lowest BCUT2D eigenvalue weighted by molar-refractivity contribution is -0.0499. The fraction of sp³-hybridized carbons (Fsp3) is 0.0870. The van der Waals surface area contributed by atoms with Crippen molar-refractivity contribution in [2.45, 2.75) is 13.2 Å². The van der Waals surface area contributed by atoms with Crippen LogP contribution in [0.25, 0.3) is 6.08 Å². The number of Topliss-reactive ketones (excluding diaryl/α,β-unsaturated/α-hetero) is 1. The van der Waals surface area contributed by atoms with Crippen LogP contribution in [-0.2, 0) is 6.61 Å². The van der Waals surface area contributed by atoms with E-state index in [0.717, 1.165) is 5.56 Å². The van der Waals surface area contributed by atoms with Crippen molar-refractivity contribution in [3.63, 3.8) is 0 Å². The molecule has 0 aromatic heterocycles. The summed E-state index contributed by atoms with van der Waals surface area (Å²) >= 11 is 5.87. The third-order valence-electron chi connectivity index (χ3n) is 4.38. The van der Waals surface area contributed by atoms with Gasteiger partial charge in [-0.2, -0.15) is 8.78 Å². The van der Waals surface area contributed by atoms with Gasteiger partial charge in [0.2, 0.25) is 5.78 Å². The van der Waals surface area contributed by atoms with Gasteiger partial charge in [0, 0.05) is 16.7 Å². The van der Waals surface area contributed by atoms with E-state index in [1.165, 1.54) is 12.1 Å². The average molecular weight is 429 g/mol. The molecule has 0 radical (unpaired) electrons. The Morgan fingerprint density at radius 2 is 1.80 bits per heavy atom. The molecule has 0 fully saturated rings. The maximum Gasteiger partial charge on any atom is 0.387 e. The van der Waals surface area contributed by atoms with Gasteiger partial charge in [-0.1, -0.05) is 41.9 Å². The first kappa shape index (κ1) is 19.9. The second kappa shape index (κ2) is 8.55. The average Bonchev–Trinajstić information content (AvgIpc) is 3.03. The number of fused-ring (bicyclic) bond motifs is 1. The highest BCUT2D eigenvalue weighted by molar-refractivity contribution is 6.30. The van der Waals surface area contributed by atoms with Gasteiger partial charge < -0.3 is 14.2 Å². The van der Waals surface area contributed by atoms with Crippen LogP contribution >= 0.6 is 11.6 Å². The second-order valence-electron chi connectivity index (χ2n) is 6.43. The van der Waals surface area contributed by atoms with Crippen molar-refractivity contribution in [2.75, 3.05) is 0 Å². The normalized spacial score (nSPS) is 14.0. The monoisotopic (exact) mass is 428 g/mol. The fourth-order valence-corrected chi connectivity index (χ4v) is 3.07. The highest BCUT2D eigenvalue weighted by Crippen LogP contribution is 2.36. The lowest BCUT2D eigenvalue weighted by Crippen LogP contribution is -2.04. The van der Waals surface area contributed by atoms with Crippen molar-refractivity contribution in [2.24, 2.45) is 0 Å². The summed E-state index contributed by atoms with van der Waals surface area (Å²) in [6.45, 7) is -2.65. The highest BCUT2D eigenvalue weighted by atomic mass is 35.5. The quantitative estimate of drug-likeness (QED) is 0.442. The van der Waals surface area contributed by atoms with Crippen LogP contribution in [0.2, 0.25) is 5.02 Å². The molecule has 0 bridgehead atoms. The lowest BCUT2D eigenvalue weighted by atomic mass is 10.1. The summed E-state index contributed by atoms with van der Waals surface area (Å²) in [6.07, 6.45) is 1.38. The molecule has 3 aromatic rings. The molecule has 7 heteroatoms. The van der Waals surface area contributed by atoms with Gasteiger partial charge in [-0.05, 0) is 42.0 Å². The van der Waals surface area contributed by atoms with Crippen molar-refractivity contribution in [1.29, 1.82) is 0 Å². The molecule has 0 saturated carbocycles. The van der Waals surface area contributed by atoms with E-state index >= 15 is 0 Å². The number of ketones is 1. The van der Waals surface area contributed by atoms with Crippen LogP contribution in [0.15, 0.2) is 72.5 Å². The van der Waals surface area contributed by atoms with E-state index in [4.69, 9.17) is 21.1 Å². The van der Waals surface area contributed by atoms with Gasteiger partial charge in [0.05, 0.1) is 5.56 Å². The number of carbonyl (C=O) groups excluding carboxylic acids is 1. The molecule has 0 unspecified atom stereocenters. The van der Waals surface area contributed by atoms with E-state index in [2.05, 4.69) is 4.74 Å². The molecular weight excluding hydrogens is 414 g/mol. The van der Waals surface area contributed by atoms with Gasteiger partial charge in [0.1, 0.15) is 23.9 Å². The molecule has 4 rings (SSSR count). The van der Waals surface area contributed by atoms with Crippen LogP contribution in [-0.4, -0.2) is 12.4 Å². The molecule has 1 heterocycles. The van der Waals surface area contributed by atoms with E-state index in [1.807, 2.05) is 12.1 Å². The predicted molar refractivity (Wildman–Crippen MR) is 108 cm³/mol. The van der Waals surface area contributed by atoms with E-state index in [1.54, 1.807) is 48.5 Å². The van der Waals surface area contributed by atoms with Crippen molar-refractivity contribution in [3.8, 4) is 17.2 Å². The Balaban J connectivity index is 1.52. The Hall–Kier alpha value is -3.38. The summed E-state index contributed by atoms with van der Waals surface area (Å²) in [6, 6.07) is 18.3. The topological polar surface area (TPSA) is 44.8 Å². The predicted octanol–water partition coefficient (Wildman–Crippen LogP) is 6.14. The SMILES string of the molecule is O=C1/C(=C/c2ccccc2OC(F)F)Oc2cc(OCc3ccc(Cl)cc3)ccc21.